The van der Waals surface area contributed by atoms with Gasteiger partial charge < -0.3 is 5.73 Å². The fourth-order valence-corrected chi connectivity index (χ4v) is 4.09. The highest BCUT2D eigenvalue weighted by atomic mass is 35.5. The van der Waals surface area contributed by atoms with Crippen LogP contribution in [0.2, 0.25) is 5.02 Å². The van der Waals surface area contributed by atoms with Crippen molar-refractivity contribution in [2.45, 2.75) is 13.3 Å². The molecule has 0 atom stereocenters. The van der Waals surface area contributed by atoms with Gasteiger partial charge in [0.15, 0.2) is 4.96 Å². The molecule has 0 radical (unpaired) electrons. The molecule has 0 amide bonds. The molecule has 0 aliphatic carbocycles. The zero-order chi connectivity index (χ0) is 17.4. The zero-order valence-corrected chi connectivity index (χ0v) is 15.4. The van der Waals surface area contributed by atoms with Crippen molar-refractivity contribution in [3.05, 3.63) is 70.2 Å². The Morgan fingerprint density at radius 1 is 1.04 bits per heavy atom. The molecule has 0 unspecified atom stereocenters. The number of aromatic nitrogens is 2. The molecule has 3 nitrogen and oxygen atoms in total. The second-order valence-electron chi connectivity index (χ2n) is 6.06. The average molecular weight is 368 g/mol. The number of rotatable bonds is 4. The molecule has 25 heavy (non-hydrogen) atoms. The van der Waals surface area contributed by atoms with Crippen LogP contribution < -0.4 is 5.73 Å². The number of nitrogens with zero attached hydrogens (tertiary/aromatic N) is 2. The van der Waals surface area contributed by atoms with E-state index >= 15 is 0 Å². The highest BCUT2D eigenvalue weighted by Crippen LogP contribution is 2.33. The van der Waals surface area contributed by atoms with E-state index in [4.69, 9.17) is 22.3 Å². The van der Waals surface area contributed by atoms with Crippen molar-refractivity contribution in [1.82, 2.24) is 9.38 Å². The lowest BCUT2D eigenvalue weighted by Gasteiger charge is -2.07. The number of imidazole rings is 1. The summed E-state index contributed by atoms with van der Waals surface area (Å²) >= 11 is 7.69. The van der Waals surface area contributed by atoms with E-state index in [9.17, 15) is 0 Å². The quantitative estimate of drug-likeness (QED) is 0.539. The minimum Gasteiger partial charge on any atom is -0.330 e. The van der Waals surface area contributed by atoms with Gasteiger partial charge in [0, 0.05) is 22.4 Å². The summed E-state index contributed by atoms with van der Waals surface area (Å²) in [5.41, 5.74) is 12.7. The lowest BCUT2D eigenvalue weighted by atomic mass is 10.1. The van der Waals surface area contributed by atoms with Gasteiger partial charge in [-0.15, -0.1) is 11.3 Å². The van der Waals surface area contributed by atoms with Gasteiger partial charge >= 0.3 is 0 Å². The summed E-state index contributed by atoms with van der Waals surface area (Å²) in [6.07, 6.45) is 0.773. The first-order valence-corrected chi connectivity index (χ1v) is 9.45. The summed E-state index contributed by atoms with van der Waals surface area (Å²) < 4.78 is 2.24. The van der Waals surface area contributed by atoms with Crippen LogP contribution in [-0.4, -0.2) is 15.9 Å². The van der Waals surface area contributed by atoms with Crippen LogP contribution >= 0.6 is 22.9 Å². The molecular weight excluding hydrogens is 350 g/mol. The maximum atomic E-state index is 6.03. The number of hydrogen-bond acceptors (Lipinski definition) is 3. The van der Waals surface area contributed by atoms with E-state index in [0.717, 1.165) is 39.0 Å². The monoisotopic (exact) mass is 367 g/mol. The fraction of sp³-hybridized carbons (Fsp3) is 0.150. The van der Waals surface area contributed by atoms with Crippen molar-refractivity contribution in [2.24, 2.45) is 5.73 Å². The van der Waals surface area contributed by atoms with E-state index in [2.05, 4.69) is 41.0 Å². The molecule has 126 valence electrons. The van der Waals surface area contributed by atoms with Crippen molar-refractivity contribution >= 4 is 27.9 Å². The van der Waals surface area contributed by atoms with E-state index in [1.807, 2.05) is 24.3 Å². The van der Waals surface area contributed by atoms with Crippen molar-refractivity contribution in [3.63, 3.8) is 0 Å². The van der Waals surface area contributed by atoms with Crippen LogP contribution in [0, 0.1) is 6.92 Å². The SMILES string of the molecule is Cc1ccc(-c2csc3nc(-c4ccc(Cl)cc4)c(CCN)n23)cc1. The Balaban J connectivity index is 1.92. The van der Waals surface area contributed by atoms with Gasteiger partial charge in [-0.2, -0.15) is 0 Å². The molecule has 0 fully saturated rings. The van der Waals surface area contributed by atoms with Gasteiger partial charge in [-0.25, -0.2) is 4.98 Å². The molecular formula is C20H18ClN3S. The molecule has 4 rings (SSSR count). The summed E-state index contributed by atoms with van der Waals surface area (Å²) in [6.45, 7) is 2.68. The molecule has 4 aromatic rings. The number of halogens is 1. The first kappa shape index (κ1) is 16.3. The maximum absolute atomic E-state index is 6.03. The standard InChI is InChI=1S/C20H18ClN3S/c1-13-2-4-14(5-3-13)18-12-25-20-23-19(17(10-11-22)24(18)20)15-6-8-16(21)9-7-15/h2-9,12H,10-11,22H2,1H3. The first-order valence-electron chi connectivity index (χ1n) is 8.19. The molecule has 0 aliphatic heterocycles. The minimum atomic E-state index is 0.581. The number of benzene rings is 2. The number of hydrogen-bond donors (Lipinski definition) is 1. The van der Waals surface area contributed by atoms with Crippen molar-refractivity contribution in [1.29, 1.82) is 0 Å². The Bertz CT molecular complexity index is 1010. The van der Waals surface area contributed by atoms with E-state index < -0.39 is 0 Å². The summed E-state index contributed by atoms with van der Waals surface area (Å²) in [7, 11) is 0. The van der Waals surface area contributed by atoms with Gasteiger partial charge in [-0.1, -0.05) is 53.6 Å². The van der Waals surface area contributed by atoms with Gasteiger partial charge in [0.2, 0.25) is 0 Å². The van der Waals surface area contributed by atoms with Crippen molar-refractivity contribution < 1.29 is 0 Å². The molecule has 0 spiro atoms. The van der Waals surface area contributed by atoms with Crippen LogP contribution in [0.15, 0.2) is 53.9 Å². The molecule has 2 aromatic heterocycles. The molecule has 0 saturated heterocycles. The van der Waals surface area contributed by atoms with Crippen LogP contribution in [0.1, 0.15) is 11.3 Å². The topological polar surface area (TPSA) is 43.3 Å². The Morgan fingerprint density at radius 3 is 2.40 bits per heavy atom. The molecule has 0 aliphatic rings. The number of nitrogens with two attached hydrogens (primary N) is 1. The largest absolute Gasteiger partial charge is 0.330 e. The molecule has 2 N–H and O–H groups in total. The average Bonchev–Trinajstić information content (AvgIpc) is 3.17. The van der Waals surface area contributed by atoms with E-state index in [-0.39, 0.29) is 0 Å². The third kappa shape index (κ3) is 2.97. The smallest absolute Gasteiger partial charge is 0.194 e. The van der Waals surface area contributed by atoms with E-state index in [1.165, 1.54) is 11.1 Å². The van der Waals surface area contributed by atoms with Crippen LogP contribution in [-0.2, 0) is 6.42 Å². The van der Waals surface area contributed by atoms with Gasteiger partial charge in [-0.05, 0) is 31.2 Å². The first-order chi connectivity index (χ1) is 12.2. The Kier molecular flexibility index (Phi) is 4.34. The van der Waals surface area contributed by atoms with E-state index in [1.54, 1.807) is 11.3 Å². The number of aryl methyl sites for hydroxylation is 1. The third-order valence-corrected chi connectivity index (χ3v) is 5.38. The second kappa shape index (κ2) is 6.64. The van der Waals surface area contributed by atoms with Crippen LogP contribution in [0.25, 0.3) is 27.5 Å². The molecule has 0 saturated carbocycles. The molecule has 0 bridgehead atoms. The number of thiazole rings is 1. The predicted molar refractivity (Wildman–Crippen MR) is 106 cm³/mol. The maximum Gasteiger partial charge on any atom is 0.194 e. The van der Waals surface area contributed by atoms with Gasteiger partial charge in [0.1, 0.15) is 0 Å². The van der Waals surface area contributed by atoms with Gasteiger partial charge in [0.25, 0.3) is 0 Å². The highest BCUT2D eigenvalue weighted by Gasteiger charge is 2.18. The van der Waals surface area contributed by atoms with Gasteiger partial charge in [0.05, 0.1) is 17.1 Å². The fourth-order valence-electron chi connectivity index (χ4n) is 3.05. The summed E-state index contributed by atoms with van der Waals surface area (Å²) in [5.74, 6) is 0. The molecule has 2 heterocycles. The Hall–Kier alpha value is -2.14. The van der Waals surface area contributed by atoms with E-state index in [0.29, 0.717) is 6.54 Å². The predicted octanol–water partition coefficient (Wildman–Crippen LogP) is 5.19. The normalized spacial score (nSPS) is 11.3. The van der Waals surface area contributed by atoms with Crippen molar-refractivity contribution in [2.75, 3.05) is 6.54 Å². The summed E-state index contributed by atoms with van der Waals surface area (Å²) in [4.78, 5) is 5.87. The zero-order valence-electron chi connectivity index (χ0n) is 13.9. The third-order valence-electron chi connectivity index (χ3n) is 4.30. The number of fused-ring (bicyclic) bond motifs is 1. The van der Waals surface area contributed by atoms with Gasteiger partial charge in [-0.3, -0.25) is 4.40 Å². The lowest BCUT2D eigenvalue weighted by Crippen LogP contribution is -2.06. The minimum absolute atomic E-state index is 0.581. The summed E-state index contributed by atoms with van der Waals surface area (Å²) in [5, 5.41) is 2.89. The summed E-state index contributed by atoms with van der Waals surface area (Å²) in [6, 6.07) is 16.4. The lowest BCUT2D eigenvalue weighted by molar-refractivity contribution is 0.914. The second-order valence-corrected chi connectivity index (χ2v) is 7.33. The molecule has 5 heteroatoms. The highest BCUT2D eigenvalue weighted by molar-refractivity contribution is 7.15. The van der Waals surface area contributed by atoms with Crippen LogP contribution in [0.3, 0.4) is 0 Å². The van der Waals surface area contributed by atoms with Crippen LogP contribution in [0.5, 0.6) is 0 Å². The van der Waals surface area contributed by atoms with Crippen LogP contribution in [0.4, 0.5) is 0 Å². The van der Waals surface area contributed by atoms with Crippen molar-refractivity contribution in [3.8, 4) is 22.5 Å². The Morgan fingerprint density at radius 2 is 1.72 bits per heavy atom. The Labute approximate surface area is 155 Å². The molecule has 2 aromatic carbocycles.